The van der Waals surface area contributed by atoms with Gasteiger partial charge in [0.1, 0.15) is 5.75 Å². The van der Waals surface area contributed by atoms with Gasteiger partial charge in [-0.1, -0.05) is 11.6 Å². The van der Waals surface area contributed by atoms with Crippen LogP contribution in [-0.2, 0) is 0 Å². The van der Waals surface area contributed by atoms with Crippen molar-refractivity contribution >= 4 is 23.4 Å². The van der Waals surface area contributed by atoms with E-state index in [1.165, 1.54) is 13.4 Å². The van der Waals surface area contributed by atoms with E-state index in [2.05, 4.69) is 5.32 Å². The molecule has 0 unspecified atom stereocenters. The van der Waals surface area contributed by atoms with Gasteiger partial charge in [-0.15, -0.1) is 0 Å². The van der Waals surface area contributed by atoms with Crippen molar-refractivity contribution in [3.63, 3.8) is 0 Å². The number of amides is 2. The summed E-state index contributed by atoms with van der Waals surface area (Å²) in [6, 6.07) is 10.5. The number of nitrogens with zero attached hydrogens (tertiary/aromatic N) is 2. The molecule has 3 aromatic rings. The quantitative estimate of drug-likeness (QED) is 0.672. The van der Waals surface area contributed by atoms with E-state index in [0.717, 1.165) is 5.69 Å². The molecular formula is C22H22ClN3O4. The highest BCUT2D eigenvalue weighted by atomic mass is 35.5. The van der Waals surface area contributed by atoms with Gasteiger partial charge in [-0.3, -0.25) is 9.59 Å². The molecule has 2 aromatic heterocycles. The first-order chi connectivity index (χ1) is 14.6. The second kappa shape index (κ2) is 8.67. The summed E-state index contributed by atoms with van der Waals surface area (Å²) >= 11 is 6.43. The van der Waals surface area contributed by atoms with Crippen molar-refractivity contribution < 1.29 is 18.7 Å². The highest BCUT2D eigenvalue weighted by Gasteiger charge is 2.27. The maximum atomic E-state index is 12.9. The molecule has 30 heavy (non-hydrogen) atoms. The Hall–Kier alpha value is -3.19. The molecule has 1 aromatic carbocycles. The summed E-state index contributed by atoms with van der Waals surface area (Å²) in [4.78, 5) is 27.0. The highest BCUT2D eigenvalue weighted by Crippen LogP contribution is 2.30. The summed E-state index contributed by atoms with van der Waals surface area (Å²) in [6.45, 7) is 1.10. The summed E-state index contributed by atoms with van der Waals surface area (Å²) in [5.41, 5.74) is 1.12. The lowest BCUT2D eigenvalue weighted by Crippen LogP contribution is -2.46. The van der Waals surface area contributed by atoms with Crippen molar-refractivity contribution in [1.82, 2.24) is 14.8 Å². The van der Waals surface area contributed by atoms with Crippen LogP contribution in [0.5, 0.6) is 5.75 Å². The largest absolute Gasteiger partial charge is 0.496 e. The predicted octanol–water partition coefficient (Wildman–Crippen LogP) is 3.77. The van der Waals surface area contributed by atoms with Crippen LogP contribution < -0.4 is 10.1 Å². The number of piperidine rings is 1. The average Bonchev–Trinajstić information content (AvgIpc) is 3.48. The number of furan rings is 1. The number of likely N-dealkylation sites (tertiary alicyclic amines) is 1. The molecule has 1 N–H and O–H groups in total. The number of methoxy groups -OCH3 is 1. The van der Waals surface area contributed by atoms with Crippen LogP contribution in [-0.4, -0.2) is 47.5 Å². The van der Waals surface area contributed by atoms with E-state index in [9.17, 15) is 9.59 Å². The van der Waals surface area contributed by atoms with Crippen LogP contribution in [0.2, 0.25) is 5.02 Å². The first kappa shape index (κ1) is 20.1. The Kier molecular flexibility index (Phi) is 5.81. The number of rotatable bonds is 5. The molecule has 1 aliphatic heterocycles. The van der Waals surface area contributed by atoms with Crippen molar-refractivity contribution in [2.45, 2.75) is 18.9 Å². The van der Waals surface area contributed by atoms with Gasteiger partial charge >= 0.3 is 0 Å². The summed E-state index contributed by atoms with van der Waals surface area (Å²) < 4.78 is 12.5. The van der Waals surface area contributed by atoms with Gasteiger partial charge < -0.3 is 23.9 Å². The second-order valence-electron chi connectivity index (χ2n) is 7.11. The number of benzene rings is 1. The molecule has 3 heterocycles. The number of nitrogens with one attached hydrogen (secondary N) is 1. The van der Waals surface area contributed by atoms with Crippen LogP contribution in [0.25, 0.3) is 5.69 Å². The number of halogens is 1. The predicted molar refractivity (Wildman–Crippen MR) is 112 cm³/mol. The molecule has 2 amide bonds. The molecule has 1 saturated heterocycles. The van der Waals surface area contributed by atoms with Crippen LogP contribution in [0.15, 0.2) is 59.5 Å². The molecule has 0 aliphatic carbocycles. The molecule has 156 valence electrons. The first-order valence-electron chi connectivity index (χ1n) is 9.71. The molecule has 8 heteroatoms. The molecule has 0 spiro atoms. The number of carbonyl (C=O) groups is 2. The summed E-state index contributed by atoms with van der Waals surface area (Å²) in [5, 5.41) is 3.49. The molecule has 1 fully saturated rings. The van der Waals surface area contributed by atoms with E-state index in [1.807, 2.05) is 29.1 Å². The minimum Gasteiger partial charge on any atom is -0.496 e. The highest BCUT2D eigenvalue weighted by molar-refractivity contribution is 6.33. The fourth-order valence-corrected chi connectivity index (χ4v) is 3.89. The minimum atomic E-state index is -0.247. The average molecular weight is 428 g/mol. The Labute approximate surface area is 179 Å². The lowest BCUT2D eigenvalue weighted by Gasteiger charge is -2.32. The van der Waals surface area contributed by atoms with E-state index in [1.54, 1.807) is 29.2 Å². The Morgan fingerprint density at radius 3 is 2.53 bits per heavy atom. The lowest BCUT2D eigenvalue weighted by atomic mass is 10.0. The molecule has 0 saturated carbocycles. The Balaban J connectivity index is 1.42. The van der Waals surface area contributed by atoms with E-state index in [0.29, 0.717) is 48.0 Å². The zero-order chi connectivity index (χ0) is 21.1. The fourth-order valence-electron chi connectivity index (χ4n) is 3.63. The van der Waals surface area contributed by atoms with Crippen molar-refractivity contribution in [1.29, 1.82) is 0 Å². The molecule has 0 radical (unpaired) electrons. The van der Waals surface area contributed by atoms with Crippen LogP contribution in [0.3, 0.4) is 0 Å². The van der Waals surface area contributed by atoms with Crippen molar-refractivity contribution in [2.24, 2.45) is 0 Å². The van der Waals surface area contributed by atoms with E-state index >= 15 is 0 Å². The molecule has 1 aliphatic rings. The monoisotopic (exact) mass is 427 g/mol. The molecular weight excluding hydrogens is 406 g/mol. The van der Waals surface area contributed by atoms with Gasteiger partial charge in [0.15, 0.2) is 5.76 Å². The topological polar surface area (TPSA) is 76.7 Å². The fraction of sp³-hybridized carbons (Fsp3) is 0.273. The van der Waals surface area contributed by atoms with Crippen LogP contribution in [0.1, 0.15) is 33.8 Å². The molecule has 4 rings (SSSR count). The van der Waals surface area contributed by atoms with Gasteiger partial charge in [-0.2, -0.15) is 0 Å². The SMILES string of the molecule is COc1cc(-n2cccc2)c(Cl)cc1C(=O)NC1CCN(C(=O)c2ccco2)CC1. The lowest BCUT2D eigenvalue weighted by molar-refractivity contribution is 0.0667. The van der Waals surface area contributed by atoms with Crippen LogP contribution >= 0.6 is 11.6 Å². The molecule has 0 bridgehead atoms. The summed E-state index contributed by atoms with van der Waals surface area (Å²) in [7, 11) is 1.53. The van der Waals surface area contributed by atoms with Gasteiger partial charge in [-0.05, 0) is 43.2 Å². The van der Waals surface area contributed by atoms with Gasteiger partial charge in [0.2, 0.25) is 0 Å². The molecule has 7 nitrogen and oxygen atoms in total. The third-order valence-corrected chi connectivity index (χ3v) is 5.55. The maximum Gasteiger partial charge on any atom is 0.289 e. The van der Waals surface area contributed by atoms with Crippen molar-refractivity contribution in [3.8, 4) is 11.4 Å². The summed E-state index contributed by atoms with van der Waals surface area (Å²) in [6.07, 6.45) is 6.56. The first-order valence-corrected chi connectivity index (χ1v) is 10.1. The third-order valence-electron chi connectivity index (χ3n) is 5.25. The number of ether oxygens (including phenoxy) is 1. The van der Waals surface area contributed by atoms with Crippen molar-refractivity contribution in [3.05, 3.63) is 71.4 Å². The maximum absolute atomic E-state index is 12.9. The third kappa shape index (κ3) is 4.07. The standard InChI is InChI=1S/C22H22ClN3O4/c1-29-20-14-18(25-8-2-3-9-25)17(23)13-16(20)21(27)24-15-6-10-26(11-7-15)22(28)19-5-4-12-30-19/h2-5,8-9,12-15H,6-7,10-11H2,1H3,(H,24,27). The van der Waals surface area contributed by atoms with Crippen LogP contribution in [0, 0.1) is 0 Å². The van der Waals surface area contributed by atoms with Gasteiger partial charge in [0.05, 0.1) is 29.6 Å². The summed E-state index contributed by atoms with van der Waals surface area (Å²) in [5.74, 6) is 0.410. The number of carbonyl (C=O) groups excluding carboxylic acids is 2. The van der Waals surface area contributed by atoms with Crippen molar-refractivity contribution in [2.75, 3.05) is 20.2 Å². The Morgan fingerprint density at radius 1 is 1.17 bits per heavy atom. The van der Waals surface area contributed by atoms with Gasteiger partial charge in [0, 0.05) is 37.6 Å². The number of aromatic nitrogens is 1. The van der Waals surface area contributed by atoms with Gasteiger partial charge in [-0.25, -0.2) is 0 Å². The Morgan fingerprint density at radius 2 is 1.90 bits per heavy atom. The zero-order valence-corrected chi connectivity index (χ0v) is 17.3. The second-order valence-corrected chi connectivity index (χ2v) is 7.52. The van der Waals surface area contributed by atoms with E-state index in [-0.39, 0.29) is 17.9 Å². The Bertz CT molecular complexity index is 1020. The normalized spacial score (nSPS) is 14.5. The van der Waals surface area contributed by atoms with Gasteiger partial charge in [0.25, 0.3) is 11.8 Å². The smallest absolute Gasteiger partial charge is 0.289 e. The number of hydrogen-bond acceptors (Lipinski definition) is 4. The van der Waals surface area contributed by atoms with Crippen LogP contribution in [0.4, 0.5) is 0 Å². The molecule has 0 atom stereocenters. The zero-order valence-electron chi connectivity index (χ0n) is 16.5. The number of hydrogen-bond donors (Lipinski definition) is 1. The minimum absolute atomic E-state index is 0.0363. The van der Waals surface area contributed by atoms with E-state index < -0.39 is 0 Å². The van der Waals surface area contributed by atoms with E-state index in [4.69, 9.17) is 20.8 Å².